The van der Waals surface area contributed by atoms with E-state index in [1.54, 1.807) is 13.1 Å². The first-order valence-electron chi connectivity index (χ1n) is 5.77. The van der Waals surface area contributed by atoms with Gasteiger partial charge in [-0.1, -0.05) is 11.6 Å². The number of anilines is 1. The molecule has 0 saturated carbocycles. The van der Waals surface area contributed by atoms with Crippen LogP contribution in [0.25, 0.3) is 0 Å². The third kappa shape index (κ3) is 2.88. The third-order valence-corrected chi connectivity index (χ3v) is 3.32. The predicted molar refractivity (Wildman–Crippen MR) is 67.9 cm³/mol. The van der Waals surface area contributed by atoms with Crippen molar-refractivity contribution in [2.24, 2.45) is 0 Å². The topological polar surface area (TPSA) is 69.6 Å². The number of aromatic nitrogens is 2. The van der Waals surface area contributed by atoms with Gasteiger partial charge in [0.15, 0.2) is 0 Å². The largest absolute Gasteiger partial charge is 0.480 e. The Labute approximate surface area is 110 Å². The molecular formula is C11H15ClN4O2. The number of rotatable bonds is 3. The zero-order chi connectivity index (χ0) is 13.1. The van der Waals surface area contributed by atoms with E-state index in [1.165, 1.54) is 6.20 Å². The lowest BCUT2D eigenvalue weighted by atomic mass is 10.2. The maximum atomic E-state index is 10.9. The standard InChI is InChI=1S/C11H15ClN4O2/c1-8(11(17)18)15-2-4-16(5-3-15)10-7-13-6-9(12)14-10/h6-8H,2-5H2,1H3,(H,17,18). The van der Waals surface area contributed by atoms with E-state index in [-0.39, 0.29) is 0 Å². The lowest BCUT2D eigenvalue weighted by Gasteiger charge is -2.36. The molecule has 98 valence electrons. The highest BCUT2D eigenvalue weighted by molar-refractivity contribution is 6.29. The molecule has 0 aliphatic carbocycles. The van der Waals surface area contributed by atoms with E-state index >= 15 is 0 Å². The molecule has 1 aromatic heterocycles. The average molecular weight is 271 g/mol. The van der Waals surface area contributed by atoms with Gasteiger partial charge < -0.3 is 10.0 Å². The number of carbonyl (C=O) groups is 1. The van der Waals surface area contributed by atoms with E-state index in [1.807, 2.05) is 4.90 Å². The first-order chi connectivity index (χ1) is 8.58. The highest BCUT2D eigenvalue weighted by atomic mass is 35.5. The number of halogens is 1. The number of hydrogen-bond acceptors (Lipinski definition) is 5. The van der Waals surface area contributed by atoms with E-state index in [4.69, 9.17) is 16.7 Å². The fourth-order valence-corrected chi connectivity index (χ4v) is 2.12. The fourth-order valence-electron chi connectivity index (χ4n) is 1.98. The van der Waals surface area contributed by atoms with Gasteiger partial charge in [0, 0.05) is 26.2 Å². The number of piperazine rings is 1. The van der Waals surface area contributed by atoms with E-state index in [0.29, 0.717) is 18.2 Å². The number of nitrogens with zero attached hydrogens (tertiary/aromatic N) is 4. The van der Waals surface area contributed by atoms with Crippen molar-refractivity contribution in [2.75, 3.05) is 31.1 Å². The van der Waals surface area contributed by atoms with Crippen molar-refractivity contribution in [1.29, 1.82) is 0 Å². The lowest BCUT2D eigenvalue weighted by molar-refractivity contribution is -0.142. The highest BCUT2D eigenvalue weighted by Crippen LogP contribution is 2.15. The fraction of sp³-hybridized carbons (Fsp3) is 0.545. The molecule has 0 amide bonds. The molecule has 1 aliphatic heterocycles. The molecule has 1 aliphatic rings. The SMILES string of the molecule is CC(C(=O)O)N1CCN(c2cncc(Cl)n2)CC1. The first kappa shape index (κ1) is 13.0. The minimum atomic E-state index is -0.786. The summed E-state index contributed by atoms with van der Waals surface area (Å²) in [5, 5.41) is 9.33. The highest BCUT2D eigenvalue weighted by Gasteiger charge is 2.25. The smallest absolute Gasteiger partial charge is 0.320 e. The molecule has 1 fully saturated rings. The molecule has 7 heteroatoms. The number of carboxylic acids is 1. The molecule has 6 nitrogen and oxygen atoms in total. The summed E-state index contributed by atoms with van der Waals surface area (Å²) in [6, 6.07) is -0.447. The number of carboxylic acid groups (broad SMARTS) is 1. The number of aliphatic carboxylic acids is 1. The van der Waals surface area contributed by atoms with Gasteiger partial charge in [-0.15, -0.1) is 0 Å². The Morgan fingerprint density at radius 3 is 2.61 bits per heavy atom. The van der Waals surface area contributed by atoms with Gasteiger partial charge in [0.1, 0.15) is 17.0 Å². The van der Waals surface area contributed by atoms with Crippen LogP contribution in [0.15, 0.2) is 12.4 Å². The van der Waals surface area contributed by atoms with E-state index in [9.17, 15) is 4.79 Å². The molecule has 2 heterocycles. The summed E-state index contributed by atoms with van der Waals surface area (Å²) < 4.78 is 0. The Kier molecular flexibility index (Phi) is 3.98. The quantitative estimate of drug-likeness (QED) is 0.873. The van der Waals surface area contributed by atoms with Crippen LogP contribution in [-0.4, -0.2) is 58.2 Å². The van der Waals surface area contributed by atoms with Crippen LogP contribution in [0.4, 0.5) is 5.82 Å². The molecular weight excluding hydrogens is 256 g/mol. The van der Waals surface area contributed by atoms with Crippen LogP contribution in [0.5, 0.6) is 0 Å². The maximum absolute atomic E-state index is 10.9. The zero-order valence-electron chi connectivity index (χ0n) is 10.1. The molecule has 0 radical (unpaired) electrons. The second-order valence-electron chi connectivity index (χ2n) is 4.24. The van der Waals surface area contributed by atoms with Crippen molar-refractivity contribution in [3.05, 3.63) is 17.5 Å². The van der Waals surface area contributed by atoms with Crippen molar-refractivity contribution < 1.29 is 9.90 Å². The maximum Gasteiger partial charge on any atom is 0.320 e. The minimum absolute atomic E-state index is 0.369. The molecule has 1 unspecified atom stereocenters. The third-order valence-electron chi connectivity index (χ3n) is 3.14. The second kappa shape index (κ2) is 5.49. The predicted octanol–water partition coefficient (Wildman–Crippen LogP) is 0.725. The second-order valence-corrected chi connectivity index (χ2v) is 4.62. The molecule has 1 atom stereocenters. The molecule has 0 spiro atoms. The Morgan fingerprint density at radius 1 is 1.39 bits per heavy atom. The van der Waals surface area contributed by atoms with Crippen LogP contribution in [0.3, 0.4) is 0 Å². The Bertz CT molecular complexity index is 435. The molecule has 2 rings (SSSR count). The summed E-state index contributed by atoms with van der Waals surface area (Å²) in [5.74, 6) is -0.0453. The van der Waals surface area contributed by atoms with Gasteiger partial charge in [-0.2, -0.15) is 0 Å². The van der Waals surface area contributed by atoms with Gasteiger partial charge in [-0.05, 0) is 6.92 Å². The van der Waals surface area contributed by atoms with Gasteiger partial charge in [0.2, 0.25) is 0 Å². The summed E-state index contributed by atoms with van der Waals surface area (Å²) in [5.41, 5.74) is 0. The molecule has 18 heavy (non-hydrogen) atoms. The summed E-state index contributed by atoms with van der Waals surface area (Å²) in [6.07, 6.45) is 3.16. The molecule has 1 saturated heterocycles. The van der Waals surface area contributed by atoms with Crippen molar-refractivity contribution >= 4 is 23.4 Å². The van der Waals surface area contributed by atoms with Crippen LogP contribution in [0.2, 0.25) is 5.15 Å². The van der Waals surface area contributed by atoms with Gasteiger partial charge in [-0.3, -0.25) is 14.7 Å². The molecule has 0 aromatic carbocycles. The van der Waals surface area contributed by atoms with E-state index in [2.05, 4.69) is 14.9 Å². The van der Waals surface area contributed by atoms with Crippen molar-refractivity contribution in [3.8, 4) is 0 Å². The summed E-state index contributed by atoms with van der Waals surface area (Å²) >= 11 is 5.80. The van der Waals surface area contributed by atoms with Crippen LogP contribution in [0.1, 0.15) is 6.92 Å². The lowest BCUT2D eigenvalue weighted by Crippen LogP contribution is -2.52. The molecule has 1 N–H and O–H groups in total. The van der Waals surface area contributed by atoms with Crippen LogP contribution >= 0.6 is 11.6 Å². The Balaban J connectivity index is 1.96. The van der Waals surface area contributed by atoms with Crippen molar-refractivity contribution in [2.45, 2.75) is 13.0 Å². The first-order valence-corrected chi connectivity index (χ1v) is 6.15. The summed E-state index contributed by atoms with van der Waals surface area (Å²) in [4.78, 5) is 23.1. The van der Waals surface area contributed by atoms with E-state index in [0.717, 1.165) is 18.9 Å². The Hall–Kier alpha value is -1.40. The van der Waals surface area contributed by atoms with Crippen LogP contribution < -0.4 is 4.90 Å². The van der Waals surface area contributed by atoms with Crippen LogP contribution in [-0.2, 0) is 4.79 Å². The van der Waals surface area contributed by atoms with Gasteiger partial charge in [-0.25, -0.2) is 4.98 Å². The average Bonchev–Trinajstić information content (AvgIpc) is 2.38. The monoisotopic (exact) mass is 270 g/mol. The normalized spacial score (nSPS) is 18.7. The summed E-state index contributed by atoms with van der Waals surface area (Å²) in [6.45, 7) is 4.56. The van der Waals surface area contributed by atoms with Crippen molar-refractivity contribution in [1.82, 2.24) is 14.9 Å². The van der Waals surface area contributed by atoms with Gasteiger partial charge in [0.25, 0.3) is 0 Å². The summed E-state index contributed by atoms with van der Waals surface area (Å²) in [7, 11) is 0. The van der Waals surface area contributed by atoms with E-state index < -0.39 is 12.0 Å². The minimum Gasteiger partial charge on any atom is -0.480 e. The van der Waals surface area contributed by atoms with Gasteiger partial charge in [0.05, 0.1) is 12.4 Å². The molecule has 0 bridgehead atoms. The Morgan fingerprint density at radius 2 is 2.06 bits per heavy atom. The van der Waals surface area contributed by atoms with Crippen molar-refractivity contribution in [3.63, 3.8) is 0 Å². The number of hydrogen-bond donors (Lipinski definition) is 1. The van der Waals surface area contributed by atoms with Crippen LogP contribution in [0, 0.1) is 0 Å². The molecule has 1 aromatic rings. The zero-order valence-corrected chi connectivity index (χ0v) is 10.8. The van der Waals surface area contributed by atoms with Gasteiger partial charge >= 0.3 is 5.97 Å².